The van der Waals surface area contributed by atoms with Crippen LogP contribution in [0, 0.1) is 0 Å². The molecule has 7 heteroatoms. The maximum absolute atomic E-state index is 12.5. The second-order valence-corrected chi connectivity index (χ2v) is 8.41. The van der Waals surface area contributed by atoms with Gasteiger partial charge in [0, 0.05) is 14.6 Å². The van der Waals surface area contributed by atoms with Crippen LogP contribution in [0.1, 0.15) is 34.3 Å². The van der Waals surface area contributed by atoms with Gasteiger partial charge in [0.2, 0.25) is 0 Å². The first-order chi connectivity index (χ1) is 11.6. The number of hydrazone groups is 1. The number of carbonyl (C=O) groups is 1. The Morgan fingerprint density at radius 2 is 2.21 bits per heavy atom. The molecule has 1 aromatic carbocycles. The molecule has 2 aromatic heterocycles. The zero-order valence-corrected chi connectivity index (χ0v) is 16.8. The minimum atomic E-state index is -0.275. The topological polar surface area (TPSA) is 41.5 Å². The third kappa shape index (κ3) is 3.72. The van der Waals surface area contributed by atoms with E-state index in [0.29, 0.717) is 9.90 Å². The van der Waals surface area contributed by atoms with E-state index >= 15 is 0 Å². The molecule has 3 nitrogen and oxygen atoms in total. The summed E-state index contributed by atoms with van der Waals surface area (Å²) in [6.45, 7) is 2.09. The largest absolute Gasteiger partial charge is 0.283 e. The molecular weight excluding hydrogens is 428 g/mol. The number of nitrogens with one attached hydrogen (secondary N) is 1. The third-order valence-electron chi connectivity index (χ3n) is 3.38. The van der Waals surface area contributed by atoms with Crippen molar-refractivity contribution in [3.8, 4) is 0 Å². The van der Waals surface area contributed by atoms with Crippen LogP contribution < -0.4 is 5.43 Å². The molecule has 0 atom stereocenters. The lowest BCUT2D eigenvalue weighted by Crippen LogP contribution is -2.19. The van der Waals surface area contributed by atoms with Crippen LogP contribution in [0.25, 0.3) is 10.1 Å². The quantitative estimate of drug-likeness (QED) is 0.365. The van der Waals surface area contributed by atoms with Gasteiger partial charge in [-0.15, -0.1) is 22.7 Å². The normalized spacial score (nSPS) is 11.9. The summed E-state index contributed by atoms with van der Waals surface area (Å²) < 4.78 is 1.93. The molecule has 0 bridgehead atoms. The van der Waals surface area contributed by atoms with Crippen molar-refractivity contribution in [3.63, 3.8) is 0 Å². The van der Waals surface area contributed by atoms with Crippen molar-refractivity contribution in [2.45, 2.75) is 19.8 Å². The average molecular weight is 442 g/mol. The number of hydrogen-bond donors (Lipinski definition) is 1. The first-order valence-electron chi connectivity index (χ1n) is 7.38. The number of carbonyl (C=O) groups excluding carboxylic acids is 1. The monoisotopic (exact) mass is 440 g/mol. The van der Waals surface area contributed by atoms with Crippen molar-refractivity contribution in [1.82, 2.24) is 5.43 Å². The Labute approximate surface area is 161 Å². The molecule has 0 unspecified atom stereocenters. The van der Waals surface area contributed by atoms with Crippen LogP contribution in [0.15, 0.2) is 45.3 Å². The molecule has 0 spiro atoms. The Morgan fingerprint density at radius 1 is 1.38 bits per heavy atom. The molecule has 0 aliphatic rings. The zero-order chi connectivity index (χ0) is 17.1. The fourth-order valence-electron chi connectivity index (χ4n) is 2.27. The van der Waals surface area contributed by atoms with Crippen molar-refractivity contribution in [1.29, 1.82) is 0 Å². The molecule has 3 rings (SSSR count). The lowest BCUT2D eigenvalue weighted by Gasteiger charge is -2.03. The van der Waals surface area contributed by atoms with Crippen LogP contribution in [0.3, 0.4) is 0 Å². The summed E-state index contributed by atoms with van der Waals surface area (Å²) >= 11 is 12.8. The molecule has 2 heterocycles. The molecule has 0 saturated heterocycles. The molecule has 24 heavy (non-hydrogen) atoms. The zero-order valence-electron chi connectivity index (χ0n) is 12.8. The molecule has 0 fully saturated rings. The SMILES string of the molecule is CCC/C(=N\NC(=O)c1sc2cc(Br)ccc2c1Cl)c1cccs1. The Morgan fingerprint density at radius 3 is 2.92 bits per heavy atom. The van der Waals surface area contributed by atoms with Crippen molar-refractivity contribution in [3.05, 3.63) is 55.0 Å². The van der Waals surface area contributed by atoms with Gasteiger partial charge >= 0.3 is 0 Å². The van der Waals surface area contributed by atoms with E-state index in [1.807, 2.05) is 35.7 Å². The summed E-state index contributed by atoms with van der Waals surface area (Å²) in [5.74, 6) is -0.275. The van der Waals surface area contributed by atoms with Gasteiger partial charge < -0.3 is 0 Å². The van der Waals surface area contributed by atoms with E-state index in [1.54, 1.807) is 11.3 Å². The maximum Gasteiger partial charge on any atom is 0.283 e. The highest BCUT2D eigenvalue weighted by Crippen LogP contribution is 2.36. The number of nitrogens with zero attached hydrogens (tertiary/aromatic N) is 1. The summed E-state index contributed by atoms with van der Waals surface area (Å²) in [6, 6.07) is 9.77. The Hall–Kier alpha value is -1.21. The number of halogens is 2. The highest BCUT2D eigenvalue weighted by Gasteiger charge is 2.17. The highest BCUT2D eigenvalue weighted by atomic mass is 79.9. The average Bonchev–Trinajstić information content (AvgIpc) is 3.19. The number of fused-ring (bicyclic) bond motifs is 1. The standard InChI is InChI=1S/C17H14BrClN2OS2/c1-2-4-12(13-5-3-8-23-13)20-21-17(22)16-15(19)11-7-6-10(18)9-14(11)24-16/h3,5-9H,2,4H2,1H3,(H,21,22)/b20-12+. The molecule has 0 saturated carbocycles. The lowest BCUT2D eigenvalue weighted by molar-refractivity contribution is 0.0959. The number of thiophene rings is 2. The molecule has 1 amide bonds. The van der Waals surface area contributed by atoms with E-state index in [1.165, 1.54) is 11.3 Å². The van der Waals surface area contributed by atoms with Gasteiger partial charge in [-0.25, -0.2) is 5.43 Å². The Balaban J connectivity index is 1.86. The minimum Gasteiger partial charge on any atom is -0.266 e. The van der Waals surface area contributed by atoms with Gasteiger partial charge in [-0.05, 0) is 30.0 Å². The van der Waals surface area contributed by atoms with Crippen LogP contribution in [-0.2, 0) is 0 Å². The molecule has 3 aromatic rings. The predicted octanol–water partition coefficient (Wildman–Crippen LogP) is 6.31. The number of benzene rings is 1. The van der Waals surface area contributed by atoms with Crippen LogP contribution >= 0.6 is 50.2 Å². The van der Waals surface area contributed by atoms with E-state index in [-0.39, 0.29) is 5.91 Å². The van der Waals surface area contributed by atoms with Crippen molar-refractivity contribution >= 4 is 71.9 Å². The summed E-state index contributed by atoms with van der Waals surface area (Å²) in [5, 5.41) is 7.69. The fourth-order valence-corrected chi connectivity index (χ4v) is 4.97. The molecule has 0 aliphatic carbocycles. The molecule has 124 valence electrons. The van der Waals surface area contributed by atoms with E-state index in [2.05, 4.69) is 33.4 Å². The van der Waals surface area contributed by atoms with Gasteiger partial charge in [0.1, 0.15) is 4.88 Å². The summed E-state index contributed by atoms with van der Waals surface area (Å²) in [4.78, 5) is 14.1. The number of rotatable bonds is 5. The van der Waals surface area contributed by atoms with Crippen LogP contribution in [0.2, 0.25) is 5.02 Å². The second-order valence-electron chi connectivity index (χ2n) is 5.11. The van der Waals surface area contributed by atoms with Crippen molar-refractivity contribution in [2.75, 3.05) is 0 Å². The van der Waals surface area contributed by atoms with Gasteiger partial charge in [-0.1, -0.05) is 53.0 Å². The molecular formula is C17H14BrClN2OS2. The van der Waals surface area contributed by atoms with Gasteiger partial charge in [-0.3, -0.25) is 4.79 Å². The first kappa shape index (κ1) is 17.6. The van der Waals surface area contributed by atoms with Gasteiger partial charge in [-0.2, -0.15) is 5.10 Å². The first-order valence-corrected chi connectivity index (χ1v) is 10.2. The summed E-state index contributed by atoms with van der Waals surface area (Å²) in [6.07, 6.45) is 1.78. The summed E-state index contributed by atoms with van der Waals surface area (Å²) in [5.41, 5.74) is 3.55. The van der Waals surface area contributed by atoms with E-state index < -0.39 is 0 Å². The molecule has 0 radical (unpaired) electrons. The molecule has 1 N–H and O–H groups in total. The van der Waals surface area contributed by atoms with E-state index in [0.717, 1.165) is 38.0 Å². The predicted molar refractivity (Wildman–Crippen MR) is 108 cm³/mol. The smallest absolute Gasteiger partial charge is 0.266 e. The van der Waals surface area contributed by atoms with Crippen LogP contribution in [-0.4, -0.2) is 11.6 Å². The van der Waals surface area contributed by atoms with Gasteiger partial charge in [0.15, 0.2) is 0 Å². The number of amides is 1. The van der Waals surface area contributed by atoms with Crippen LogP contribution in [0.5, 0.6) is 0 Å². The maximum atomic E-state index is 12.5. The van der Waals surface area contributed by atoms with Gasteiger partial charge in [0.05, 0.1) is 15.6 Å². The fraction of sp³-hybridized carbons (Fsp3) is 0.176. The Bertz CT molecular complexity index is 903. The van der Waals surface area contributed by atoms with E-state index in [4.69, 9.17) is 11.6 Å². The number of hydrogen-bond acceptors (Lipinski definition) is 4. The second kappa shape index (κ2) is 7.78. The van der Waals surface area contributed by atoms with Crippen molar-refractivity contribution < 1.29 is 4.79 Å². The molecule has 0 aliphatic heterocycles. The third-order valence-corrected chi connectivity index (χ3v) is 6.45. The Kier molecular flexibility index (Phi) is 5.71. The van der Waals surface area contributed by atoms with Crippen LogP contribution in [0.4, 0.5) is 0 Å². The highest BCUT2D eigenvalue weighted by molar-refractivity contribution is 9.10. The summed E-state index contributed by atoms with van der Waals surface area (Å²) in [7, 11) is 0. The minimum absolute atomic E-state index is 0.275. The van der Waals surface area contributed by atoms with Crippen molar-refractivity contribution in [2.24, 2.45) is 5.10 Å². The van der Waals surface area contributed by atoms with Gasteiger partial charge in [0.25, 0.3) is 5.91 Å². The lowest BCUT2D eigenvalue weighted by atomic mass is 10.2. The van der Waals surface area contributed by atoms with E-state index in [9.17, 15) is 4.79 Å².